The van der Waals surface area contributed by atoms with E-state index in [1.54, 1.807) is 11.8 Å². The maximum atomic E-state index is 5.68. The fourth-order valence-corrected chi connectivity index (χ4v) is 2.18. The Morgan fingerprint density at radius 3 is 2.29 bits per heavy atom. The summed E-state index contributed by atoms with van der Waals surface area (Å²) in [6.45, 7) is 2.87. The van der Waals surface area contributed by atoms with Crippen LogP contribution in [0, 0.1) is 0 Å². The molecule has 0 saturated heterocycles. The first-order valence-corrected chi connectivity index (χ1v) is 8.10. The van der Waals surface area contributed by atoms with Gasteiger partial charge in [-0.3, -0.25) is 0 Å². The Hall–Kier alpha value is -1.65. The van der Waals surface area contributed by atoms with E-state index in [2.05, 4.69) is 0 Å². The molecule has 0 amide bonds. The Morgan fingerprint density at radius 1 is 0.905 bits per heavy atom. The van der Waals surface area contributed by atoms with Gasteiger partial charge in [0, 0.05) is 4.90 Å². The van der Waals surface area contributed by atoms with Gasteiger partial charge in [-0.15, -0.1) is 11.8 Å². The zero-order valence-electron chi connectivity index (χ0n) is 12.3. The second-order valence-electron chi connectivity index (χ2n) is 4.39. The van der Waals surface area contributed by atoms with Crippen molar-refractivity contribution < 1.29 is 14.2 Å². The van der Waals surface area contributed by atoms with Gasteiger partial charge in [0.15, 0.2) is 6.29 Å². The van der Waals surface area contributed by atoms with Crippen LogP contribution in [0.2, 0.25) is 0 Å². The van der Waals surface area contributed by atoms with E-state index in [1.807, 2.05) is 67.8 Å². The highest BCUT2D eigenvalue weighted by atomic mass is 32.2. The highest BCUT2D eigenvalue weighted by molar-refractivity contribution is 7.98. The van der Waals surface area contributed by atoms with E-state index < -0.39 is 0 Å². The predicted molar refractivity (Wildman–Crippen MR) is 86.2 cm³/mol. The van der Waals surface area contributed by atoms with Crippen molar-refractivity contribution in [3.8, 4) is 11.5 Å². The fraction of sp³-hybridized carbons (Fsp3) is 0.294. The van der Waals surface area contributed by atoms with E-state index in [1.165, 1.54) is 4.90 Å². The van der Waals surface area contributed by atoms with Gasteiger partial charge in [-0.05, 0) is 49.6 Å². The largest absolute Gasteiger partial charge is 0.491 e. The third kappa shape index (κ3) is 5.69. The van der Waals surface area contributed by atoms with Crippen molar-refractivity contribution >= 4 is 11.8 Å². The predicted octanol–water partition coefficient (Wildman–Crippen LogP) is 4.23. The van der Waals surface area contributed by atoms with Gasteiger partial charge in [0.25, 0.3) is 0 Å². The number of ether oxygens (including phenoxy) is 3. The van der Waals surface area contributed by atoms with Crippen molar-refractivity contribution in [3.05, 3.63) is 54.6 Å². The second kappa shape index (κ2) is 8.60. The number of hydrogen-bond donors (Lipinski definition) is 0. The van der Waals surface area contributed by atoms with E-state index in [-0.39, 0.29) is 6.29 Å². The Bertz CT molecular complexity index is 513. The summed E-state index contributed by atoms with van der Waals surface area (Å²) in [6.07, 6.45) is 1.75. The van der Waals surface area contributed by atoms with Crippen LogP contribution in [0.15, 0.2) is 59.5 Å². The lowest BCUT2D eigenvalue weighted by Crippen LogP contribution is -2.19. The van der Waals surface area contributed by atoms with E-state index in [9.17, 15) is 0 Å². The van der Waals surface area contributed by atoms with Gasteiger partial charge < -0.3 is 14.2 Å². The van der Waals surface area contributed by atoms with E-state index in [0.717, 1.165) is 11.5 Å². The monoisotopic (exact) mass is 304 g/mol. The molecule has 0 fully saturated rings. The standard InChI is InChI=1S/C17H20O3S/c1-14(20-16-8-10-17(21-2)11-9-16)18-12-13-19-15-6-4-3-5-7-15/h3-11,14H,12-13H2,1-2H3. The molecular formula is C17H20O3S. The normalized spacial score (nSPS) is 11.9. The second-order valence-corrected chi connectivity index (χ2v) is 5.27. The molecule has 0 N–H and O–H groups in total. The highest BCUT2D eigenvalue weighted by Crippen LogP contribution is 2.19. The Labute approximate surface area is 130 Å². The number of para-hydroxylation sites is 1. The lowest BCUT2D eigenvalue weighted by Gasteiger charge is -2.16. The molecule has 0 saturated carbocycles. The van der Waals surface area contributed by atoms with Gasteiger partial charge >= 0.3 is 0 Å². The maximum absolute atomic E-state index is 5.68. The van der Waals surface area contributed by atoms with E-state index in [4.69, 9.17) is 14.2 Å². The average molecular weight is 304 g/mol. The van der Waals surface area contributed by atoms with Crippen molar-refractivity contribution in [2.75, 3.05) is 19.5 Å². The molecule has 0 aliphatic rings. The molecule has 0 bridgehead atoms. The highest BCUT2D eigenvalue weighted by Gasteiger charge is 2.04. The van der Waals surface area contributed by atoms with E-state index >= 15 is 0 Å². The first-order chi connectivity index (χ1) is 10.3. The first-order valence-electron chi connectivity index (χ1n) is 6.88. The zero-order chi connectivity index (χ0) is 14.9. The number of hydrogen-bond acceptors (Lipinski definition) is 4. The summed E-state index contributed by atoms with van der Waals surface area (Å²) in [5.74, 6) is 1.66. The van der Waals surface area contributed by atoms with Crippen molar-refractivity contribution in [1.29, 1.82) is 0 Å². The topological polar surface area (TPSA) is 27.7 Å². The van der Waals surface area contributed by atoms with Crippen LogP contribution in [-0.4, -0.2) is 25.8 Å². The van der Waals surface area contributed by atoms with Gasteiger partial charge in [-0.1, -0.05) is 18.2 Å². The van der Waals surface area contributed by atoms with Crippen LogP contribution in [-0.2, 0) is 4.74 Å². The average Bonchev–Trinajstić information content (AvgIpc) is 2.53. The summed E-state index contributed by atoms with van der Waals surface area (Å²) < 4.78 is 16.8. The molecule has 0 aliphatic carbocycles. The van der Waals surface area contributed by atoms with E-state index in [0.29, 0.717) is 13.2 Å². The maximum Gasteiger partial charge on any atom is 0.197 e. The molecule has 4 heteroatoms. The van der Waals surface area contributed by atoms with Gasteiger partial charge in [0.1, 0.15) is 18.1 Å². The fourth-order valence-electron chi connectivity index (χ4n) is 1.77. The lowest BCUT2D eigenvalue weighted by atomic mass is 10.3. The molecule has 0 spiro atoms. The first kappa shape index (κ1) is 15.7. The van der Waals surface area contributed by atoms with Crippen LogP contribution in [0.5, 0.6) is 11.5 Å². The quantitative estimate of drug-likeness (QED) is 0.414. The van der Waals surface area contributed by atoms with Crippen LogP contribution in [0.4, 0.5) is 0 Å². The van der Waals surface area contributed by atoms with Crippen molar-refractivity contribution in [3.63, 3.8) is 0 Å². The Balaban J connectivity index is 1.66. The molecule has 3 nitrogen and oxygen atoms in total. The SMILES string of the molecule is CSc1ccc(OC(C)OCCOc2ccccc2)cc1. The van der Waals surface area contributed by atoms with Gasteiger partial charge in [0.05, 0.1) is 6.61 Å². The number of rotatable bonds is 8. The third-order valence-corrected chi connectivity index (χ3v) is 3.55. The van der Waals surface area contributed by atoms with Crippen molar-refractivity contribution in [2.24, 2.45) is 0 Å². The Kier molecular flexibility index (Phi) is 6.44. The molecule has 0 aliphatic heterocycles. The molecule has 0 aromatic heterocycles. The van der Waals surface area contributed by atoms with Crippen LogP contribution >= 0.6 is 11.8 Å². The van der Waals surface area contributed by atoms with Crippen LogP contribution in [0.25, 0.3) is 0 Å². The molecule has 112 valence electrons. The van der Waals surface area contributed by atoms with Gasteiger partial charge in [0.2, 0.25) is 0 Å². The molecule has 2 aromatic rings. The molecule has 2 rings (SSSR count). The van der Waals surface area contributed by atoms with Crippen molar-refractivity contribution in [2.45, 2.75) is 18.1 Å². The summed E-state index contributed by atoms with van der Waals surface area (Å²) >= 11 is 1.71. The molecule has 0 radical (unpaired) electrons. The number of thioether (sulfide) groups is 1. The smallest absolute Gasteiger partial charge is 0.197 e. The van der Waals surface area contributed by atoms with Crippen LogP contribution in [0.3, 0.4) is 0 Å². The number of benzene rings is 2. The summed E-state index contributed by atoms with van der Waals surface area (Å²) in [4.78, 5) is 1.21. The zero-order valence-corrected chi connectivity index (χ0v) is 13.1. The lowest BCUT2D eigenvalue weighted by molar-refractivity contribution is -0.0739. The molecular weight excluding hydrogens is 284 g/mol. The minimum Gasteiger partial charge on any atom is -0.491 e. The van der Waals surface area contributed by atoms with Gasteiger partial charge in [-0.25, -0.2) is 0 Å². The summed E-state index contributed by atoms with van der Waals surface area (Å²) in [6, 6.07) is 17.7. The Morgan fingerprint density at radius 2 is 1.62 bits per heavy atom. The minimum absolute atomic E-state index is 0.301. The minimum atomic E-state index is -0.301. The molecule has 1 atom stereocenters. The molecule has 1 unspecified atom stereocenters. The summed E-state index contributed by atoms with van der Waals surface area (Å²) in [7, 11) is 0. The van der Waals surface area contributed by atoms with Crippen molar-refractivity contribution in [1.82, 2.24) is 0 Å². The molecule has 21 heavy (non-hydrogen) atoms. The summed E-state index contributed by atoms with van der Waals surface area (Å²) in [5, 5.41) is 0. The van der Waals surface area contributed by atoms with Gasteiger partial charge in [-0.2, -0.15) is 0 Å². The molecule has 2 aromatic carbocycles. The van der Waals surface area contributed by atoms with Crippen LogP contribution in [0.1, 0.15) is 6.92 Å². The molecule has 0 heterocycles. The summed E-state index contributed by atoms with van der Waals surface area (Å²) in [5.41, 5.74) is 0. The van der Waals surface area contributed by atoms with Crippen LogP contribution < -0.4 is 9.47 Å². The third-order valence-electron chi connectivity index (χ3n) is 2.81.